The number of rotatable bonds is 0. The Labute approximate surface area is 83.2 Å². The maximum Gasteiger partial charge on any atom is 0.0790 e. The summed E-state index contributed by atoms with van der Waals surface area (Å²) in [5.41, 5.74) is 2.56. The zero-order valence-corrected chi connectivity index (χ0v) is 8.36. The first-order chi connectivity index (χ1) is 6.84. The van der Waals surface area contributed by atoms with E-state index in [9.17, 15) is 0 Å². The van der Waals surface area contributed by atoms with Gasteiger partial charge in [0.2, 0.25) is 0 Å². The molecule has 0 radical (unpaired) electrons. The third-order valence-corrected chi connectivity index (χ3v) is 3.40. The number of ether oxygens (including phenoxy) is 1. The first-order valence-electron chi connectivity index (χ1n) is 5.18. The van der Waals surface area contributed by atoms with E-state index in [1.807, 2.05) is 6.20 Å². The Bertz CT molecular complexity index is 336. The summed E-state index contributed by atoms with van der Waals surface area (Å²) in [6.07, 6.45) is 4.42. The van der Waals surface area contributed by atoms with Crippen LogP contribution in [0.15, 0.2) is 6.20 Å². The van der Waals surface area contributed by atoms with Crippen LogP contribution in [0.1, 0.15) is 11.3 Å². The van der Waals surface area contributed by atoms with Crippen LogP contribution in [0.25, 0.3) is 0 Å². The predicted molar refractivity (Wildman–Crippen MR) is 52.2 cm³/mol. The number of nitrogens with one attached hydrogen (secondary N) is 1. The summed E-state index contributed by atoms with van der Waals surface area (Å²) in [4.78, 5) is 2.41. The summed E-state index contributed by atoms with van der Waals surface area (Å²) >= 11 is 0. The number of aromatic amines is 1. The number of hydrogen-bond acceptors (Lipinski definition) is 3. The fourth-order valence-electron chi connectivity index (χ4n) is 2.50. The van der Waals surface area contributed by atoms with Crippen molar-refractivity contribution < 1.29 is 4.74 Å². The normalized spacial score (nSPS) is 32.4. The third-order valence-electron chi connectivity index (χ3n) is 3.40. The Kier molecular flexibility index (Phi) is 1.85. The van der Waals surface area contributed by atoms with Gasteiger partial charge in [-0.25, -0.2) is 0 Å². The molecule has 4 heteroatoms. The molecule has 1 aromatic heterocycles. The van der Waals surface area contributed by atoms with E-state index in [4.69, 9.17) is 4.74 Å². The summed E-state index contributed by atoms with van der Waals surface area (Å²) < 4.78 is 5.78. The van der Waals surface area contributed by atoms with Crippen LogP contribution >= 0.6 is 0 Å². The van der Waals surface area contributed by atoms with Crippen LogP contribution in [-0.4, -0.2) is 47.4 Å². The largest absolute Gasteiger partial charge is 0.375 e. The molecule has 14 heavy (non-hydrogen) atoms. The molecule has 1 aliphatic heterocycles. The third kappa shape index (κ3) is 1.18. The van der Waals surface area contributed by atoms with Crippen LogP contribution in [-0.2, 0) is 17.6 Å². The summed E-state index contributed by atoms with van der Waals surface area (Å²) in [5.74, 6) is 0. The highest BCUT2D eigenvalue weighted by Gasteiger charge is 2.35. The molecule has 1 saturated heterocycles. The molecule has 2 atom stereocenters. The maximum absolute atomic E-state index is 5.78. The molecule has 1 N–H and O–H groups in total. The van der Waals surface area contributed by atoms with Crippen LogP contribution in [0.2, 0.25) is 0 Å². The van der Waals surface area contributed by atoms with E-state index < -0.39 is 0 Å². The number of morpholine rings is 1. The van der Waals surface area contributed by atoms with E-state index in [2.05, 4.69) is 22.1 Å². The molecular weight excluding hydrogens is 178 g/mol. The minimum absolute atomic E-state index is 0.351. The molecule has 1 aromatic rings. The van der Waals surface area contributed by atoms with Crippen molar-refractivity contribution in [1.82, 2.24) is 15.1 Å². The van der Waals surface area contributed by atoms with Gasteiger partial charge in [-0.1, -0.05) is 0 Å². The summed E-state index contributed by atoms with van der Waals surface area (Å²) in [6, 6.07) is 0.550. The van der Waals surface area contributed by atoms with E-state index in [1.54, 1.807) is 0 Å². The standard InChI is InChI=1S/C10H15N3O/c1-13-2-3-14-10-5-8-7(4-9(10)13)6-11-12-8/h6,9-10H,2-5H2,1H3,(H,11,12). The average Bonchev–Trinajstić information content (AvgIpc) is 2.62. The van der Waals surface area contributed by atoms with Gasteiger partial charge in [0, 0.05) is 25.2 Å². The van der Waals surface area contributed by atoms with Gasteiger partial charge in [0.15, 0.2) is 0 Å². The van der Waals surface area contributed by atoms with Crippen LogP contribution in [0, 0.1) is 0 Å². The molecule has 0 amide bonds. The lowest BCUT2D eigenvalue weighted by Crippen LogP contribution is -2.53. The first-order valence-corrected chi connectivity index (χ1v) is 5.18. The number of H-pyrrole nitrogens is 1. The van der Waals surface area contributed by atoms with Gasteiger partial charge in [-0.15, -0.1) is 0 Å². The second-order valence-corrected chi connectivity index (χ2v) is 4.22. The van der Waals surface area contributed by atoms with Crippen molar-refractivity contribution in [1.29, 1.82) is 0 Å². The molecule has 2 unspecified atom stereocenters. The average molecular weight is 193 g/mol. The van der Waals surface area contributed by atoms with Gasteiger partial charge in [0.1, 0.15) is 0 Å². The molecule has 2 heterocycles. The highest BCUT2D eigenvalue weighted by molar-refractivity contribution is 5.23. The van der Waals surface area contributed by atoms with Gasteiger partial charge in [0.25, 0.3) is 0 Å². The van der Waals surface area contributed by atoms with Gasteiger partial charge in [0.05, 0.1) is 18.4 Å². The highest BCUT2D eigenvalue weighted by Crippen LogP contribution is 2.26. The van der Waals surface area contributed by atoms with E-state index in [0.717, 1.165) is 26.0 Å². The summed E-state index contributed by atoms with van der Waals surface area (Å²) in [7, 11) is 2.19. The lowest BCUT2D eigenvalue weighted by molar-refractivity contribution is -0.0647. The van der Waals surface area contributed by atoms with Crippen molar-refractivity contribution in [2.45, 2.75) is 25.0 Å². The van der Waals surface area contributed by atoms with E-state index >= 15 is 0 Å². The molecule has 76 valence electrons. The topological polar surface area (TPSA) is 41.1 Å². The minimum atomic E-state index is 0.351. The van der Waals surface area contributed by atoms with Gasteiger partial charge in [-0.3, -0.25) is 10.00 Å². The van der Waals surface area contributed by atoms with E-state index in [0.29, 0.717) is 12.1 Å². The smallest absolute Gasteiger partial charge is 0.0790 e. The second kappa shape index (κ2) is 3.07. The molecule has 2 aliphatic rings. The Morgan fingerprint density at radius 3 is 3.43 bits per heavy atom. The van der Waals surface area contributed by atoms with Crippen molar-refractivity contribution in [3.05, 3.63) is 17.5 Å². The molecule has 4 nitrogen and oxygen atoms in total. The molecule has 1 aliphatic carbocycles. The predicted octanol–water partition coefficient (Wildman–Crippen LogP) is 0.207. The van der Waals surface area contributed by atoms with Crippen LogP contribution < -0.4 is 0 Å². The fourth-order valence-corrected chi connectivity index (χ4v) is 2.50. The van der Waals surface area contributed by atoms with Gasteiger partial charge in [-0.05, 0) is 19.0 Å². The van der Waals surface area contributed by atoms with Crippen LogP contribution in [0.4, 0.5) is 0 Å². The zero-order valence-electron chi connectivity index (χ0n) is 8.36. The van der Waals surface area contributed by atoms with E-state index in [1.165, 1.54) is 11.3 Å². The Morgan fingerprint density at radius 1 is 1.57 bits per heavy atom. The lowest BCUT2D eigenvalue weighted by Gasteiger charge is -2.41. The van der Waals surface area contributed by atoms with E-state index in [-0.39, 0.29) is 0 Å². The quantitative estimate of drug-likeness (QED) is 0.640. The zero-order chi connectivity index (χ0) is 9.54. The summed E-state index contributed by atoms with van der Waals surface area (Å²) in [6.45, 7) is 1.91. The number of nitrogens with zero attached hydrogens (tertiary/aromatic N) is 2. The van der Waals surface area contributed by atoms with Crippen molar-refractivity contribution in [2.24, 2.45) is 0 Å². The monoisotopic (exact) mass is 193 g/mol. The molecule has 1 fully saturated rings. The van der Waals surface area contributed by atoms with Crippen molar-refractivity contribution in [2.75, 3.05) is 20.2 Å². The lowest BCUT2D eigenvalue weighted by atomic mass is 9.89. The van der Waals surface area contributed by atoms with Crippen molar-refractivity contribution >= 4 is 0 Å². The number of hydrogen-bond donors (Lipinski definition) is 1. The SMILES string of the molecule is CN1CCOC2Cc3n[nH]cc3CC21. The molecule has 3 rings (SSSR count). The van der Waals surface area contributed by atoms with Crippen molar-refractivity contribution in [3.63, 3.8) is 0 Å². The van der Waals surface area contributed by atoms with Crippen LogP contribution in [0.5, 0.6) is 0 Å². The second-order valence-electron chi connectivity index (χ2n) is 4.22. The minimum Gasteiger partial charge on any atom is -0.375 e. The number of fused-ring (bicyclic) bond motifs is 2. The van der Waals surface area contributed by atoms with Gasteiger partial charge < -0.3 is 4.74 Å². The van der Waals surface area contributed by atoms with Gasteiger partial charge >= 0.3 is 0 Å². The molecule has 0 aromatic carbocycles. The van der Waals surface area contributed by atoms with Crippen molar-refractivity contribution in [3.8, 4) is 0 Å². The molecule has 0 bridgehead atoms. The number of aromatic nitrogens is 2. The Morgan fingerprint density at radius 2 is 2.50 bits per heavy atom. The maximum atomic E-state index is 5.78. The highest BCUT2D eigenvalue weighted by atomic mass is 16.5. The Hall–Kier alpha value is -0.870. The molecule has 0 spiro atoms. The number of likely N-dealkylation sites (N-methyl/N-ethyl adjacent to an activating group) is 1. The first kappa shape index (κ1) is 8.44. The summed E-state index contributed by atoms with van der Waals surface area (Å²) in [5, 5.41) is 7.19. The molecular formula is C10H15N3O. The van der Waals surface area contributed by atoms with Gasteiger partial charge in [-0.2, -0.15) is 5.10 Å². The fraction of sp³-hybridized carbons (Fsp3) is 0.700. The molecule has 0 saturated carbocycles. The van der Waals surface area contributed by atoms with Crippen LogP contribution in [0.3, 0.4) is 0 Å². The Balaban J connectivity index is 1.90.